The van der Waals surface area contributed by atoms with Crippen molar-refractivity contribution in [2.75, 3.05) is 11.6 Å². The topological polar surface area (TPSA) is 76.1 Å². The van der Waals surface area contributed by atoms with Gasteiger partial charge in [0.1, 0.15) is 5.03 Å². The van der Waals surface area contributed by atoms with Crippen LogP contribution in [0, 0.1) is 0 Å². The molecular weight excluding hydrogens is 448 g/mol. The lowest BCUT2D eigenvalue weighted by molar-refractivity contribution is 0.102. The van der Waals surface area contributed by atoms with Crippen molar-refractivity contribution in [3.8, 4) is 0 Å². The number of amides is 1. The normalized spacial score (nSPS) is 11.2. The summed E-state index contributed by atoms with van der Waals surface area (Å²) in [5, 5.41) is 3.52. The molecule has 8 heteroatoms. The van der Waals surface area contributed by atoms with Gasteiger partial charge >= 0.3 is 0 Å². The third kappa shape index (κ3) is 5.18. The van der Waals surface area contributed by atoms with E-state index in [1.165, 1.54) is 23.9 Å². The van der Waals surface area contributed by atoms with Crippen LogP contribution in [-0.4, -0.2) is 25.6 Å². The molecule has 1 heterocycles. The molecule has 0 spiro atoms. The third-order valence-electron chi connectivity index (χ3n) is 3.57. The summed E-state index contributed by atoms with van der Waals surface area (Å²) in [7, 11) is -3.35. The van der Waals surface area contributed by atoms with E-state index in [0.717, 1.165) is 20.6 Å². The quantitative estimate of drug-likeness (QED) is 0.596. The number of carbonyl (C=O) groups is 1. The van der Waals surface area contributed by atoms with Crippen molar-refractivity contribution < 1.29 is 13.2 Å². The third-order valence-corrected chi connectivity index (χ3v) is 6.17. The summed E-state index contributed by atoms with van der Waals surface area (Å²) in [6.45, 7) is 0. The number of aromatic nitrogens is 1. The number of benzene rings is 2. The molecule has 0 atom stereocenters. The second-order valence-electron chi connectivity index (χ2n) is 5.67. The van der Waals surface area contributed by atoms with Crippen molar-refractivity contribution in [3.05, 3.63) is 76.9 Å². The van der Waals surface area contributed by atoms with Gasteiger partial charge in [0.15, 0.2) is 9.84 Å². The van der Waals surface area contributed by atoms with Crippen molar-refractivity contribution in [2.24, 2.45) is 0 Å². The van der Waals surface area contributed by atoms with Gasteiger partial charge < -0.3 is 5.32 Å². The van der Waals surface area contributed by atoms with E-state index in [-0.39, 0.29) is 10.8 Å². The number of halogens is 1. The molecule has 0 unspecified atom stereocenters. The van der Waals surface area contributed by atoms with E-state index >= 15 is 0 Å². The van der Waals surface area contributed by atoms with Crippen LogP contribution in [-0.2, 0) is 9.84 Å². The molecule has 0 radical (unpaired) electrons. The van der Waals surface area contributed by atoms with E-state index in [0.29, 0.717) is 11.3 Å². The number of hydrogen-bond acceptors (Lipinski definition) is 5. The van der Waals surface area contributed by atoms with Crippen LogP contribution in [0.5, 0.6) is 0 Å². The number of pyridine rings is 1. The van der Waals surface area contributed by atoms with Gasteiger partial charge in [0, 0.05) is 27.5 Å². The average molecular weight is 463 g/mol. The number of nitrogens with zero attached hydrogens (tertiary/aromatic N) is 1. The van der Waals surface area contributed by atoms with Crippen LogP contribution in [0.4, 0.5) is 5.69 Å². The molecular formula is C19H15BrN2O3S2. The molecule has 5 nitrogen and oxygen atoms in total. The maximum absolute atomic E-state index is 12.7. The van der Waals surface area contributed by atoms with E-state index < -0.39 is 9.84 Å². The van der Waals surface area contributed by atoms with Crippen molar-refractivity contribution in [2.45, 2.75) is 14.8 Å². The zero-order chi connectivity index (χ0) is 19.4. The summed E-state index contributed by atoms with van der Waals surface area (Å²) < 4.78 is 24.3. The summed E-state index contributed by atoms with van der Waals surface area (Å²) in [5.74, 6) is -0.319. The first-order chi connectivity index (χ1) is 12.8. The van der Waals surface area contributed by atoms with Gasteiger partial charge in [-0.05, 0) is 58.4 Å². The molecule has 0 fully saturated rings. The maximum Gasteiger partial charge on any atom is 0.256 e. The summed E-state index contributed by atoms with van der Waals surface area (Å²) in [5.41, 5.74) is 0.904. The molecule has 27 heavy (non-hydrogen) atoms. The Balaban J connectivity index is 1.84. The minimum absolute atomic E-state index is 0.155. The van der Waals surface area contributed by atoms with Crippen molar-refractivity contribution in [1.82, 2.24) is 4.98 Å². The molecule has 1 amide bonds. The van der Waals surface area contributed by atoms with Gasteiger partial charge in [-0.2, -0.15) is 0 Å². The molecule has 0 aliphatic rings. The fourth-order valence-corrected chi connectivity index (χ4v) is 4.07. The Morgan fingerprint density at radius 2 is 1.85 bits per heavy atom. The Hall–Kier alpha value is -2.16. The van der Waals surface area contributed by atoms with Crippen LogP contribution in [0.1, 0.15) is 10.4 Å². The fourth-order valence-electron chi connectivity index (χ4n) is 2.28. The van der Waals surface area contributed by atoms with Gasteiger partial charge in [-0.25, -0.2) is 13.4 Å². The molecule has 0 saturated carbocycles. The van der Waals surface area contributed by atoms with Crippen LogP contribution in [0.2, 0.25) is 0 Å². The first-order valence-electron chi connectivity index (χ1n) is 7.83. The number of hydrogen-bond donors (Lipinski definition) is 1. The summed E-state index contributed by atoms with van der Waals surface area (Å²) in [4.78, 5) is 18.0. The van der Waals surface area contributed by atoms with Crippen molar-refractivity contribution in [3.63, 3.8) is 0 Å². The standard InChI is InChI=1S/C19H15BrN2O3S2/c1-27(24,25)15-6-4-5-14(11-15)22-19(23)16-7-2-3-8-17(16)26-18-10-9-13(20)12-21-18/h2-12H,1H3,(H,22,23). The Bertz CT molecular complexity index is 1080. The molecule has 0 aliphatic carbocycles. The Morgan fingerprint density at radius 3 is 2.56 bits per heavy atom. The molecule has 1 N–H and O–H groups in total. The highest BCUT2D eigenvalue weighted by Gasteiger charge is 2.14. The largest absolute Gasteiger partial charge is 0.322 e. The maximum atomic E-state index is 12.7. The van der Waals surface area contributed by atoms with Crippen LogP contribution >= 0.6 is 27.7 Å². The lowest BCUT2D eigenvalue weighted by Crippen LogP contribution is -2.13. The highest BCUT2D eigenvalue weighted by molar-refractivity contribution is 9.10. The number of anilines is 1. The smallest absolute Gasteiger partial charge is 0.256 e. The van der Waals surface area contributed by atoms with Crippen LogP contribution < -0.4 is 5.32 Å². The van der Waals surface area contributed by atoms with E-state index in [4.69, 9.17) is 0 Å². The van der Waals surface area contributed by atoms with Gasteiger partial charge in [0.25, 0.3) is 5.91 Å². The molecule has 0 aliphatic heterocycles. The number of sulfone groups is 1. The molecule has 138 valence electrons. The molecule has 2 aromatic carbocycles. The van der Waals surface area contributed by atoms with E-state index in [1.807, 2.05) is 24.3 Å². The van der Waals surface area contributed by atoms with Crippen LogP contribution in [0.15, 0.2) is 86.2 Å². The van der Waals surface area contributed by atoms with E-state index in [1.54, 1.807) is 30.5 Å². The fraction of sp³-hybridized carbons (Fsp3) is 0.0526. The predicted octanol–water partition coefficient (Wildman–Crippen LogP) is 4.65. The second kappa shape index (κ2) is 8.24. The molecule has 1 aromatic heterocycles. The summed E-state index contributed by atoms with van der Waals surface area (Å²) in [6.07, 6.45) is 2.83. The van der Waals surface area contributed by atoms with Crippen molar-refractivity contribution >= 4 is 49.1 Å². The van der Waals surface area contributed by atoms with Crippen LogP contribution in [0.25, 0.3) is 0 Å². The summed E-state index contributed by atoms with van der Waals surface area (Å²) >= 11 is 4.73. The summed E-state index contributed by atoms with van der Waals surface area (Å²) in [6, 6.07) is 17.1. The van der Waals surface area contributed by atoms with Gasteiger partial charge in [-0.3, -0.25) is 4.79 Å². The highest BCUT2D eigenvalue weighted by atomic mass is 79.9. The first kappa shape index (κ1) is 19.6. The SMILES string of the molecule is CS(=O)(=O)c1cccc(NC(=O)c2ccccc2Sc2ccc(Br)cn2)c1. The predicted molar refractivity (Wildman–Crippen MR) is 110 cm³/mol. The highest BCUT2D eigenvalue weighted by Crippen LogP contribution is 2.30. The monoisotopic (exact) mass is 462 g/mol. The molecule has 0 bridgehead atoms. The van der Waals surface area contributed by atoms with Crippen LogP contribution in [0.3, 0.4) is 0 Å². The molecule has 3 aromatic rings. The van der Waals surface area contributed by atoms with Crippen molar-refractivity contribution in [1.29, 1.82) is 0 Å². The zero-order valence-electron chi connectivity index (χ0n) is 14.2. The minimum Gasteiger partial charge on any atom is -0.322 e. The number of nitrogens with one attached hydrogen (secondary N) is 1. The molecule has 3 rings (SSSR count). The Morgan fingerprint density at radius 1 is 1.07 bits per heavy atom. The Kier molecular flexibility index (Phi) is 5.98. The second-order valence-corrected chi connectivity index (χ2v) is 9.66. The molecule has 0 saturated heterocycles. The minimum atomic E-state index is -3.35. The van der Waals surface area contributed by atoms with E-state index in [9.17, 15) is 13.2 Å². The first-order valence-corrected chi connectivity index (χ1v) is 11.3. The number of rotatable bonds is 5. The zero-order valence-corrected chi connectivity index (χ0v) is 17.4. The van der Waals surface area contributed by atoms with Gasteiger partial charge in [0.2, 0.25) is 0 Å². The average Bonchev–Trinajstić information content (AvgIpc) is 2.63. The lowest BCUT2D eigenvalue weighted by atomic mass is 10.2. The van der Waals surface area contributed by atoms with Gasteiger partial charge in [-0.15, -0.1) is 0 Å². The Labute approximate surface area is 170 Å². The lowest BCUT2D eigenvalue weighted by Gasteiger charge is -2.10. The van der Waals surface area contributed by atoms with Gasteiger partial charge in [0.05, 0.1) is 10.5 Å². The number of carbonyl (C=O) groups excluding carboxylic acids is 1. The van der Waals surface area contributed by atoms with Gasteiger partial charge in [-0.1, -0.05) is 30.0 Å². The van der Waals surface area contributed by atoms with E-state index in [2.05, 4.69) is 26.2 Å².